The average molecular weight is 392 g/mol. The van der Waals surface area contributed by atoms with E-state index >= 15 is 0 Å². The lowest BCUT2D eigenvalue weighted by Crippen LogP contribution is -2.37. The Bertz CT molecular complexity index is 814. The topological polar surface area (TPSA) is 76.4 Å². The fourth-order valence-corrected chi connectivity index (χ4v) is 5.78. The van der Waals surface area contributed by atoms with E-state index in [-0.39, 0.29) is 5.92 Å². The molecule has 0 radical (unpaired) electrons. The van der Waals surface area contributed by atoms with Gasteiger partial charge in [-0.2, -0.15) is 13.7 Å². The molecule has 5 atom stereocenters. The van der Waals surface area contributed by atoms with Crippen LogP contribution in [0.25, 0.3) is 0 Å². The molecule has 1 unspecified atom stereocenters. The predicted octanol–water partition coefficient (Wildman–Crippen LogP) is 4.21. The van der Waals surface area contributed by atoms with Crippen molar-refractivity contribution >= 4 is 10.1 Å². The molecule has 6 heteroatoms. The number of ether oxygens (including phenoxy) is 1. The van der Waals surface area contributed by atoms with Crippen LogP contribution in [0.1, 0.15) is 62.0 Å². The smallest absolute Gasteiger partial charge is 0.306 e. The van der Waals surface area contributed by atoms with Gasteiger partial charge in [-0.15, -0.1) is 0 Å². The molecule has 2 aliphatic rings. The predicted molar refractivity (Wildman–Crippen MR) is 104 cm³/mol. The number of fused-ring (bicyclic) bond motifs is 3. The summed E-state index contributed by atoms with van der Waals surface area (Å²) in [4.78, 5) is 0. The van der Waals surface area contributed by atoms with Gasteiger partial charge in [0.1, 0.15) is 5.75 Å². The van der Waals surface area contributed by atoms with Crippen LogP contribution in [0.3, 0.4) is 0 Å². The molecule has 27 heavy (non-hydrogen) atoms. The van der Waals surface area contributed by atoms with Crippen LogP contribution in [0.15, 0.2) is 18.2 Å². The van der Waals surface area contributed by atoms with Crippen LogP contribution in [0.2, 0.25) is 0 Å². The molecular formula is C21H29NO4S. The van der Waals surface area contributed by atoms with E-state index in [1.54, 1.807) is 13.2 Å². The molecule has 1 saturated carbocycles. The quantitative estimate of drug-likeness (QED) is 0.679. The molecule has 1 fully saturated rings. The normalized spacial score (nSPS) is 30.1. The maximum Gasteiger partial charge on any atom is 0.306 e. The Balaban J connectivity index is 1.97. The van der Waals surface area contributed by atoms with Crippen LogP contribution in [0.4, 0.5) is 0 Å². The second-order valence-electron chi connectivity index (χ2n) is 8.15. The second-order valence-corrected chi connectivity index (χ2v) is 9.73. The molecule has 3 rings (SSSR count). The maximum absolute atomic E-state index is 11.5. The lowest BCUT2D eigenvalue weighted by molar-refractivity contribution is 0.0854. The zero-order valence-electron chi connectivity index (χ0n) is 16.3. The first kappa shape index (κ1) is 20.2. The molecule has 1 aromatic rings. The summed E-state index contributed by atoms with van der Waals surface area (Å²) < 4.78 is 33.6. The summed E-state index contributed by atoms with van der Waals surface area (Å²) in [6, 6.07) is 8.03. The van der Waals surface area contributed by atoms with Gasteiger partial charge in [0.25, 0.3) is 0 Å². The minimum absolute atomic E-state index is 0.226. The Morgan fingerprint density at radius 1 is 1.26 bits per heavy atom. The fourth-order valence-electron chi connectivity index (χ4n) is 5.33. The van der Waals surface area contributed by atoms with E-state index in [1.165, 1.54) is 12.0 Å². The molecule has 0 N–H and O–H groups in total. The summed E-state index contributed by atoms with van der Waals surface area (Å²) in [7, 11) is -1.84. The first-order valence-electron chi connectivity index (χ1n) is 9.73. The van der Waals surface area contributed by atoms with Crippen molar-refractivity contribution in [3.8, 4) is 11.8 Å². The van der Waals surface area contributed by atoms with Gasteiger partial charge in [0, 0.05) is 19.4 Å². The van der Waals surface area contributed by atoms with Gasteiger partial charge in [-0.3, -0.25) is 0 Å². The molecule has 0 heterocycles. The number of rotatable bonds is 6. The zero-order chi connectivity index (χ0) is 19.6. The third-order valence-electron chi connectivity index (χ3n) is 6.39. The Morgan fingerprint density at radius 2 is 2.04 bits per heavy atom. The second kappa shape index (κ2) is 8.20. The van der Waals surface area contributed by atoms with Crippen molar-refractivity contribution in [2.75, 3.05) is 20.0 Å². The van der Waals surface area contributed by atoms with Crippen LogP contribution in [-0.2, 0) is 14.9 Å². The fraction of sp³-hybridized carbons (Fsp3) is 0.667. The van der Waals surface area contributed by atoms with Crippen molar-refractivity contribution in [3.63, 3.8) is 0 Å². The molecule has 0 amide bonds. The summed E-state index contributed by atoms with van der Waals surface area (Å²) in [5, 5.41) is 9.06. The highest BCUT2D eigenvalue weighted by Crippen LogP contribution is 2.54. The SMILES string of the molecule is COC[C@@H]1C[C@@H]2[C@H](CCC(C)[C@H]2CCC#N)c2ccc(OS(C)(=O)=O)cc21. The van der Waals surface area contributed by atoms with E-state index in [4.69, 9.17) is 14.2 Å². The molecule has 148 valence electrons. The lowest BCUT2D eigenvalue weighted by atomic mass is 9.57. The summed E-state index contributed by atoms with van der Waals surface area (Å²) in [6.07, 6.45) is 5.98. The molecule has 0 spiro atoms. The van der Waals surface area contributed by atoms with Crippen LogP contribution in [0.5, 0.6) is 5.75 Å². The van der Waals surface area contributed by atoms with Crippen molar-refractivity contribution in [2.45, 2.75) is 50.9 Å². The molecule has 0 aromatic heterocycles. The molecule has 0 saturated heterocycles. The van der Waals surface area contributed by atoms with E-state index in [1.807, 2.05) is 12.1 Å². The number of hydrogen-bond donors (Lipinski definition) is 0. The zero-order valence-corrected chi connectivity index (χ0v) is 17.2. The standard InChI is InChI=1S/C21H29NO4S/c1-14-6-8-19-18-9-7-16(26-27(3,23)24)12-20(18)15(13-25-2)11-21(19)17(14)5-4-10-22/h7,9,12,14-15,17,19,21H,4-6,8,11,13H2,1-3H3/t14?,15-,17+,19+,21-/m0/s1. The number of hydrogen-bond acceptors (Lipinski definition) is 5. The minimum Gasteiger partial charge on any atom is -0.384 e. The highest BCUT2D eigenvalue weighted by molar-refractivity contribution is 7.86. The van der Waals surface area contributed by atoms with Crippen molar-refractivity contribution in [2.24, 2.45) is 17.8 Å². The monoisotopic (exact) mass is 391 g/mol. The Kier molecular flexibility index (Phi) is 6.12. The Hall–Kier alpha value is -1.58. The van der Waals surface area contributed by atoms with Gasteiger partial charge in [0.05, 0.1) is 18.9 Å². The van der Waals surface area contributed by atoms with E-state index in [0.717, 1.165) is 31.1 Å². The molecule has 0 bridgehead atoms. The van der Waals surface area contributed by atoms with E-state index in [0.29, 0.717) is 42.4 Å². The highest BCUT2D eigenvalue weighted by atomic mass is 32.2. The summed E-state index contributed by atoms with van der Waals surface area (Å²) in [5.41, 5.74) is 2.47. The number of nitriles is 1. The van der Waals surface area contributed by atoms with Gasteiger partial charge in [-0.05, 0) is 72.6 Å². The van der Waals surface area contributed by atoms with Gasteiger partial charge in [0.2, 0.25) is 0 Å². The molecule has 5 nitrogen and oxygen atoms in total. The van der Waals surface area contributed by atoms with Crippen LogP contribution >= 0.6 is 0 Å². The summed E-state index contributed by atoms with van der Waals surface area (Å²) in [6.45, 7) is 2.93. The summed E-state index contributed by atoms with van der Waals surface area (Å²) >= 11 is 0. The van der Waals surface area contributed by atoms with Crippen molar-refractivity contribution in [3.05, 3.63) is 29.3 Å². The average Bonchev–Trinajstić information content (AvgIpc) is 2.60. The largest absolute Gasteiger partial charge is 0.384 e. The van der Waals surface area contributed by atoms with E-state index < -0.39 is 10.1 Å². The van der Waals surface area contributed by atoms with Crippen molar-refractivity contribution < 1.29 is 17.3 Å². The van der Waals surface area contributed by atoms with Gasteiger partial charge in [0.15, 0.2) is 0 Å². The third kappa shape index (κ3) is 4.47. The number of nitrogens with zero attached hydrogens (tertiary/aromatic N) is 1. The van der Waals surface area contributed by atoms with Crippen molar-refractivity contribution in [1.29, 1.82) is 5.26 Å². The van der Waals surface area contributed by atoms with Gasteiger partial charge in [-0.25, -0.2) is 0 Å². The number of methoxy groups -OCH3 is 1. The van der Waals surface area contributed by atoms with Gasteiger partial charge < -0.3 is 8.92 Å². The molecule has 0 aliphatic heterocycles. The van der Waals surface area contributed by atoms with Gasteiger partial charge >= 0.3 is 10.1 Å². The first-order chi connectivity index (χ1) is 12.8. The summed E-state index contributed by atoms with van der Waals surface area (Å²) in [5.74, 6) is 2.82. The van der Waals surface area contributed by atoms with E-state index in [2.05, 4.69) is 13.0 Å². The Morgan fingerprint density at radius 3 is 2.70 bits per heavy atom. The molecule has 2 aliphatic carbocycles. The highest BCUT2D eigenvalue weighted by Gasteiger charge is 2.43. The van der Waals surface area contributed by atoms with Crippen LogP contribution < -0.4 is 4.18 Å². The van der Waals surface area contributed by atoms with E-state index in [9.17, 15) is 8.42 Å². The lowest BCUT2D eigenvalue weighted by Gasteiger charge is -2.48. The van der Waals surface area contributed by atoms with Crippen LogP contribution in [0, 0.1) is 29.1 Å². The molecule has 1 aromatic carbocycles. The number of benzene rings is 1. The molecular weight excluding hydrogens is 362 g/mol. The maximum atomic E-state index is 11.5. The third-order valence-corrected chi connectivity index (χ3v) is 6.89. The Labute approximate surface area is 162 Å². The van der Waals surface area contributed by atoms with Crippen LogP contribution in [-0.4, -0.2) is 28.4 Å². The first-order valence-corrected chi connectivity index (χ1v) is 11.5. The van der Waals surface area contributed by atoms with Gasteiger partial charge in [-0.1, -0.05) is 13.0 Å². The minimum atomic E-state index is -3.55. The van der Waals surface area contributed by atoms with Crippen molar-refractivity contribution in [1.82, 2.24) is 0 Å².